The van der Waals surface area contributed by atoms with Crippen LogP contribution in [-0.2, 0) is 0 Å². The molecule has 0 amide bonds. The molecule has 1 aromatic rings. The first-order valence-corrected chi connectivity index (χ1v) is 5.66. The molecule has 0 spiro atoms. The quantitative estimate of drug-likeness (QED) is 0.639. The van der Waals surface area contributed by atoms with E-state index in [9.17, 15) is 0 Å². The molecule has 1 nitrogen and oxygen atoms in total. The van der Waals surface area contributed by atoms with Gasteiger partial charge in [-0.15, -0.1) is 0 Å². The maximum Gasteiger partial charge on any atom is 0.0779 e. The fourth-order valence-electron chi connectivity index (χ4n) is 2.03. The summed E-state index contributed by atoms with van der Waals surface area (Å²) in [4.78, 5) is 0. The summed E-state index contributed by atoms with van der Waals surface area (Å²) < 4.78 is 0. The highest BCUT2D eigenvalue weighted by Crippen LogP contribution is 2.25. The molecule has 2 rings (SSSR count). The molecule has 15 heavy (non-hydrogen) atoms. The summed E-state index contributed by atoms with van der Waals surface area (Å²) in [5.74, 6) is 6.42. The fourth-order valence-corrected chi connectivity index (χ4v) is 2.03. The molecule has 1 saturated carbocycles. The lowest BCUT2D eigenvalue weighted by atomic mass is 9.83. The first-order chi connectivity index (χ1) is 7.29. The van der Waals surface area contributed by atoms with E-state index in [-0.39, 0.29) is 5.54 Å². The highest BCUT2D eigenvalue weighted by Gasteiger charge is 2.24. The molecule has 1 aliphatic rings. The minimum atomic E-state index is -0.228. The molecule has 0 radical (unpaired) electrons. The summed E-state index contributed by atoms with van der Waals surface area (Å²) in [6.45, 7) is 0. The van der Waals surface area contributed by atoms with E-state index in [0.717, 1.165) is 18.4 Å². The van der Waals surface area contributed by atoms with Crippen molar-refractivity contribution in [2.24, 2.45) is 5.73 Å². The Balaban J connectivity index is 2.10. The van der Waals surface area contributed by atoms with Gasteiger partial charge in [0.2, 0.25) is 0 Å². The minimum absolute atomic E-state index is 0.228. The molecule has 1 heteroatoms. The van der Waals surface area contributed by atoms with Gasteiger partial charge in [-0.1, -0.05) is 49.3 Å². The van der Waals surface area contributed by atoms with Crippen LogP contribution in [0.4, 0.5) is 0 Å². The molecule has 0 unspecified atom stereocenters. The van der Waals surface area contributed by atoms with Crippen molar-refractivity contribution in [3.63, 3.8) is 0 Å². The predicted octanol–water partition coefficient (Wildman–Crippen LogP) is 2.70. The van der Waals surface area contributed by atoms with Gasteiger partial charge in [0, 0.05) is 5.56 Å². The molecular formula is C14H17N. The molecule has 0 atom stereocenters. The van der Waals surface area contributed by atoms with Crippen LogP contribution in [0.1, 0.15) is 37.7 Å². The van der Waals surface area contributed by atoms with E-state index in [1.54, 1.807) is 0 Å². The number of hydrogen-bond acceptors (Lipinski definition) is 1. The van der Waals surface area contributed by atoms with E-state index in [1.165, 1.54) is 19.3 Å². The second kappa shape index (κ2) is 4.51. The van der Waals surface area contributed by atoms with Crippen molar-refractivity contribution in [2.45, 2.75) is 37.6 Å². The lowest BCUT2D eigenvalue weighted by Crippen LogP contribution is -2.40. The maximum atomic E-state index is 6.23. The normalized spacial score (nSPS) is 19.0. The maximum absolute atomic E-state index is 6.23. The lowest BCUT2D eigenvalue weighted by Gasteiger charge is -2.27. The Hall–Kier alpha value is -1.26. The Morgan fingerprint density at radius 3 is 2.33 bits per heavy atom. The highest BCUT2D eigenvalue weighted by atomic mass is 14.7. The molecular weight excluding hydrogens is 182 g/mol. The first kappa shape index (κ1) is 10.3. The van der Waals surface area contributed by atoms with Gasteiger partial charge in [-0.3, -0.25) is 0 Å². The molecule has 1 aromatic carbocycles. The number of hydrogen-bond donors (Lipinski definition) is 1. The monoisotopic (exact) mass is 199 g/mol. The van der Waals surface area contributed by atoms with Crippen LogP contribution in [-0.4, -0.2) is 5.54 Å². The zero-order valence-corrected chi connectivity index (χ0v) is 9.00. The Bertz CT molecular complexity index is 363. The third-order valence-corrected chi connectivity index (χ3v) is 2.98. The van der Waals surface area contributed by atoms with Crippen LogP contribution in [0.3, 0.4) is 0 Å². The Morgan fingerprint density at radius 1 is 1.00 bits per heavy atom. The van der Waals surface area contributed by atoms with Crippen molar-refractivity contribution in [1.82, 2.24) is 0 Å². The van der Waals surface area contributed by atoms with Crippen molar-refractivity contribution < 1.29 is 0 Å². The molecule has 1 fully saturated rings. The van der Waals surface area contributed by atoms with E-state index in [4.69, 9.17) is 5.73 Å². The topological polar surface area (TPSA) is 26.0 Å². The van der Waals surface area contributed by atoms with Crippen LogP contribution < -0.4 is 5.73 Å². The van der Waals surface area contributed by atoms with Crippen molar-refractivity contribution in [2.75, 3.05) is 0 Å². The predicted molar refractivity (Wildman–Crippen MR) is 63.3 cm³/mol. The summed E-state index contributed by atoms with van der Waals surface area (Å²) in [6.07, 6.45) is 5.85. The van der Waals surface area contributed by atoms with E-state index in [2.05, 4.69) is 11.8 Å². The summed E-state index contributed by atoms with van der Waals surface area (Å²) in [5.41, 5.74) is 7.07. The zero-order valence-electron chi connectivity index (χ0n) is 9.00. The van der Waals surface area contributed by atoms with Crippen molar-refractivity contribution in [3.8, 4) is 11.8 Å². The largest absolute Gasteiger partial charge is 0.315 e. The standard InChI is InChI=1S/C14H17N/c15-14(10-5-2-6-11-14)12-9-13-7-3-1-4-8-13/h1,3-4,7-8H,2,5-6,10-11,15H2. The van der Waals surface area contributed by atoms with E-state index in [0.29, 0.717) is 0 Å². The molecule has 0 saturated heterocycles. The number of benzene rings is 1. The average Bonchev–Trinajstić information content (AvgIpc) is 2.29. The SMILES string of the molecule is NC1(C#Cc2ccccc2)CCCCC1. The summed E-state index contributed by atoms with van der Waals surface area (Å²) >= 11 is 0. The van der Waals surface area contributed by atoms with Crippen LogP contribution in [0.2, 0.25) is 0 Å². The molecule has 2 N–H and O–H groups in total. The third-order valence-electron chi connectivity index (χ3n) is 2.98. The molecule has 0 heterocycles. The van der Waals surface area contributed by atoms with Crippen LogP contribution in [0.15, 0.2) is 30.3 Å². The Morgan fingerprint density at radius 2 is 1.67 bits per heavy atom. The first-order valence-electron chi connectivity index (χ1n) is 5.66. The van der Waals surface area contributed by atoms with Crippen molar-refractivity contribution >= 4 is 0 Å². The van der Waals surface area contributed by atoms with Gasteiger partial charge < -0.3 is 5.73 Å². The molecule has 78 valence electrons. The molecule has 0 bridgehead atoms. The zero-order chi connectivity index (χ0) is 10.6. The molecule has 0 aliphatic heterocycles. The fraction of sp³-hybridized carbons (Fsp3) is 0.429. The van der Waals surface area contributed by atoms with Gasteiger partial charge in [0.1, 0.15) is 0 Å². The van der Waals surface area contributed by atoms with Crippen LogP contribution in [0, 0.1) is 11.8 Å². The van der Waals surface area contributed by atoms with E-state index < -0.39 is 0 Å². The summed E-state index contributed by atoms with van der Waals surface area (Å²) in [7, 11) is 0. The third kappa shape index (κ3) is 2.84. The van der Waals surface area contributed by atoms with Gasteiger partial charge in [0.05, 0.1) is 5.54 Å². The van der Waals surface area contributed by atoms with E-state index in [1.807, 2.05) is 30.3 Å². The number of rotatable bonds is 0. The van der Waals surface area contributed by atoms with Gasteiger partial charge in [0.15, 0.2) is 0 Å². The highest BCUT2D eigenvalue weighted by molar-refractivity contribution is 5.36. The van der Waals surface area contributed by atoms with Gasteiger partial charge in [-0.25, -0.2) is 0 Å². The van der Waals surface area contributed by atoms with Crippen LogP contribution >= 0.6 is 0 Å². The Kier molecular flexibility index (Phi) is 3.08. The number of nitrogens with two attached hydrogens (primary N) is 1. The minimum Gasteiger partial charge on any atom is -0.315 e. The average molecular weight is 199 g/mol. The summed E-state index contributed by atoms with van der Waals surface area (Å²) in [6, 6.07) is 10.1. The Labute approximate surface area is 91.7 Å². The van der Waals surface area contributed by atoms with Gasteiger partial charge in [0.25, 0.3) is 0 Å². The molecule has 1 aliphatic carbocycles. The van der Waals surface area contributed by atoms with E-state index >= 15 is 0 Å². The van der Waals surface area contributed by atoms with Gasteiger partial charge >= 0.3 is 0 Å². The second-order valence-electron chi connectivity index (χ2n) is 4.33. The second-order valence-corrected chi connectivity index (χ2v) is 4.33. The molecule has 0 aromatic heterocycles. The smallest absolute Gasteiger partial charge is 0.0779 e. The van der Waals surface area contributed by atoms with Crippen molar-refractivity contribution in [3.05, 3.63) is 35.9 Å². The lowest BCUT2D eigenvalue weighted by molar-refractivity contribution is 0.370. The van der Waals surface area contributed by atoms with Crippen LogP contribution in [0.25, 0.3) is 0 Å². The van der Waals surface area contributed by atoms with Crippen molar-refractivity contribution in [1.29, 1.82) is 0 Å². The van der Waals surface area contributed by atoms with Gasteiger partial charge in [-0.05, 0) is 25.0 Å². The van der Waals surface area contributed by atoms with Crippen LogP contribution in [0.5, 0.6) is 0 Å². The summed E-state index contributed by atoms with van der Waals surface area (Å²) in [5, 5.41) is 0. The van der Waals surface area contributed by atoms with Gasteiger partial charge in [-0.2, -0.15) is 0 Å².